The van der Waals surface area contributed by atoms with E-state index >= 15 is 0 Å². The Morgan fingerprint density at radius 3 is 1.67 bits per heavy atom. The fourth-order valence-corrected chi connectivity index (χ4v) is 11.2. The third-order valence-electron chi connectivity index (χ3n) is 5.78. The summed E-state index contributed by atoms with van der Waals surface area (Å²) in [5.41, 5.74) is 3.24. The first kappa shape index (κ1) is 16.7. The van der Waals surface area contributed by atoms with Gasteiger partial charge in [0.15, 0.2) is 0 Å². The van der Waals surface area contributed by atoms with Crippen LogP contribution in [0, 0.1) is 0 Å². The number of ketones is 1. The maximum absolute atomic E-state index is 13.4. The molecule has 2 rings (SSSR count). The third-order valence-corrected chi connectivity index (χ3v) is 14.2. The molecule has 3 heteroatoms. The minimum absolute atomic E-state index is 0.218. The fraction of sp³-hybridized carbons (Fsp3) is 0.611. The molecular weight excluding hydrogens is 288 g/mol. The smallest absolute Gasteiger partial charge is 0.142 e. The van der Waals surface area contributed by atoms with Gasteiger partial charge in [0.1, 0.15) is 5.78 Å². The van der Waals surface area contributed by atoms with Gasteiger partial charge in [-0.25, -0.2) is 0 Å². The Morgan fingerprint density at radius 2 is 1.29 bits per heavy atom. The second-order valence-electron chi connectivity index (χ2n) is 7.69. The van der Waals surface area contributed by atoms with Gasteiger partial charge in [0.05, 0.1) is 16.1 Å². The Kier molecular flexibility index (Phi) is 4.64. The summed E-state index contributed by atoms with van der Waals surface area (Å²) in [6.07, 6.45) is 0. The molecule has 0 saturated heterocycles. The van der Waals surface area contributed by atoms with Gasteiger partial charge in [0, 0.05) is 11.1 Å². The van der Waals surface area contributed by atoms with E-state index in [2.05, 4.69) is 64.7 Å². The molecule has 0 aliphatic heterocycles. The SMILES string of the molecule is CC[Si](CC)(CC)C1C(=O)C([Si](C)(C)C)c2ccccc21. The fourth-order valence-electron chi connectivity index (χ4n) is 4.40. The Labute approximate surface area is 132 Å². The molecule has 1 aliphatic rings. The predicted molar refractivity (Wildman–Crippen MR) is 97.5 cm³/mol. The van der Waals surface area contributed by atoms with Crippen molar-refractivity contribution in [3.05, 3.63) is 35.4 Å². The van der Waals surface area contributed by atoms with Gasteiger partial charge < -0.3 is 0 Å². The van der Waals surface area contributed by atoms with Crippen LogP contribution >= 0.6 is 0 Å². The van der Waals surface area contributed by atoms with Crippen LogP contribution in [0.3, 0.4) is 0 Å². The van der Waals surface area contributed by atoms with E-state index in [1.807, 2.05) is 0 Å². The molecule has 1 aromatic carbocycles. The van der Waals surface area contributed by atoms with Crippen LogP contribution < -0.4 is 0 Å². The lowest BCUT2D eigenvalue weighted by molar-refractivity contribution is -0.118. The summed E-state index contributed by atoms with van der Waals surface area (Å²) in [7, 11) is -3.07. The van der Waals surface area contributed by atoms with Crippen LogP contribution in [-0.4, -0.2) is 21.9 Å². The van der Waals surface area contributed by atoms with Gasteiger partial charge in [-0.3, -0.25) is 4.79 Å². The van der Waals surface area contributed by atoms with Crippen molar-refractivity contribution in [1.82, 2.24) is 0 Å². The topological polar surface area (TPSA) is 17.1 Å². The summed E-state index contributed by atoms with van der Waals surface area (Å²) in [6.45, 7) is 14.0. The van der Waals surface area contributed by atoms with Crippen LogP contribution in [0.15, 0.2) is 24.3 Å². The predicted octanol–water partition coefficient (Wildman–Crippen LogP) is 5.36. The van der Waals surface area contributed by atoms with Crippen LogP contribution in [0.1, 0.15) is 43.0 Å². The standard InChI is InChI=1S/C18H30OSi2/c1-7-21(8-2,9-3)18-15-13-11-10-12-14(15)17(16(18)19)20(4,5)6/h10-13,17-18H,7-9H2,1-6H3. The van der Waals surface area contributed by atoms with Crippen molar-refractivity contribution in [2.75, 3.05) is 0 Å². The average Bonchev–Trinajstić information content (AvgIpc) is 2.75. The highest BCUT2D eigenvalue weighted by atomic mass is 28.3. The Balaban J connectivity index is 2.62. The van der Waals surface area contributed by atoms with Crippen LogP contribution in [0.2, 0.25) is 37.8 Å². The maximum Gasteiger partial charge on any atom is 0.142 e. The van der Waals surface area contributed by atoms with Crippen molar-refractivity contribution < 1.29 is 4.79 Å². The van der Waals surface area contributed by atoms with E-state index in [0.717, 1.165) is 0 Å². The van der Waals surface area contributed by atoms with E-state index in [1.165, 1.54) is 29.3 Å². The van der Waals surface area contributed by atoms with Gasteiger partial charge >= 0.3 is 0 Å². The first-order valence-electron chi connectivity index (χ1n) is 8.45. The Bertz CT molecular complexity index is 518. The molecule has 0 radical (unpaired) electrons. The third kappa shape index (κ3) is 2.59. The summed E-state index contributed by atoms with van der Waals surface area (Å²) in [5, 5.41) is 0. The molecule has 116 valence electrons. The van der Waals surface area contributed by atoms with E-state index in [1.54, 1.807) is 0 Å². The molecule has 0 saturated carbocycles. The molecule has 0 amide bonds. The molecule has 0 heterocycles. The molecular formula is C18H30OSi2. The van der Waals surface area contributed by atoms with Gasteiger partial charge in [-0.2, -0.15) is 0 Å². The van der Waals surface area contributed by atoms with Crippen molar-refractivity contribution in [2.45, 2.75) is 69.6 Å². The van der Waals surface area contributed by atoms with Crippen LogP contribution in [0.4, 0.5) is 0 Å². The van der Waals surface area contributed by atoms with Gasteiger partial charge in [0.25, 0.3) is 0 Å². The summed E-state index contributed by atoms with van der Waals surface area (Å²) in [6, 6.07) is 12.4. The maximum atomic E-state index is 13.4. The monoisotopic (exact) mass is 318 g/mol. The van der Waals surface area contributed by atoms with E-state index < -0.39 is 16.1 Å². The van der Waals surface area contributed by atoms with E-state index in [-0.39, 0.29) is 11.1 Å². The van der Waals surface area contributed by atoms with Crippen LogP contribution in [0.25, 0.3) is 0 Å². The molecule has 21 heavy (non-hydrogen) atoms. The molecule has 0 fully saturated rings. The molecule has 2 unspecified atom stereocenters. The van der Waals surface area contributed by atoms with Crippen molar-refractivity contribution in [3.8, 4) is 0 Å². The van der Waals surface area contributed by atoms with E-state index in [0.29, 0.717) is 5.78 Å². The number of hydrogen-bond acceptors (Lipinski definition) is 1. The van der Waals surface area contributed by atoms with Gasteiger partial charge in [-0.15, -0.1) is 0 Å². The molecule has 1 aromatic rings. The lowest BCUT2D eigenvalue weighted by atomic mass is 10.1. The normalized spacial score (nSPS) is 22.5. The molecule has 1 aliphatic carbocycles. The first-order chi connectivity index (χ1) is 9.82. The Hall–Kier alpha value is -0.676. The number of hydrogen-bond donors (Lipinski definition) is 0. The number of carbonyl (C=O) groups is 1. The molecule has 0 bridgehead atoms. The lowest BCUT2D eigenvalue weighted by Crippen LogP contribution is -2.45. The second kappa shape index (κ2) is 5.84. The number of Topliss-reactive ketones (excluding diaryl/α,β-unsaturated/α-hetero) is 1. The zero-order valence-corrected chi connectivity index (χ0v) is 16.5. The summed E-state index contributed by atoms with van der Waals surface area (Å²) in [4.78, 5) is 13.4. The summed E-state index contributed by atoms with van der Waals surface area (Å²) in [5.74, 6) is 0.576. The van der Waals surface area contributed by atoms with Gasteiger partial charge in [0.2, 0.25) is 0 Å². The summed E-state index contributed by atoms with van der Waals surface area (Å²) < 4.78 is 0. The molecule has 0 aromatic heterocycles. The largest absolute Gasteiger partial charge is 0.299 e. The molecule has 1 nitrogen and oxygen atoms in total. The zero-order valence-electron chi connectivity index (χ0n) is 14.5. The molecule has 2 atom stereocenters. The van der Waals surface area contributed by atoms with Crippen LogP contribution in [0.5, 0.6) is 0 Å². The lowest BCUT2D eigenvalue weighted by Gasteiger charge is -2.35. The van der Waals surface area contributed by atoms with E-state index in [4.69, 9.17) is 0 Å². The van der Waals surface area contributed by atoms with E-state index in [9.17, 15) is 4.79 Å². The van der Waals surface area contributed by atoms with Gasteiger partial charge in [-0.05, 0) is 11.1 Å². The highest BCUT2D eigenvalue weighted by Gasteiger charge is 2.52. The van der Waals surface area contributed by atoms with Gasteiger partial charge in [-0.1, -0.05) is 82.8 Å². The first-order valence-corrected chi connectivity index (χ1v) is 14.7. The summed E-state index contributed by atoms with van der Waals surface area (Å²) >= 11 is 0. The Morgan fingerprint density at radius 1 is 0.857 bits per heavy atom. The van der Waals surface area contributed by atoms with Crippen LogP contribution in [-0.2, 0) is 4.79 Å². The minimum atomic E-state index is -1.55. The number of rotatable bonds is 5. The second-order valence-corrected chi connectivity index (χ2v) is 18.4. The highest BCUT2D eigenvalue weighted by molar-refractivity contribution is 6.87. The number of fused-ring (bicyclic) bond motifs is 1. The van der Waals surface area contributed by atoms with Crippen molar-refractivity contribution >= 4 is 21.9 Å². The number of carbonyl (C=O) groups excluding carboxylic acids is 1. The zero-order chi connectivity index (χ0) is 15.8. The molecule has 0 spiro atoms. The highest BCUT2D eigenvalue weighted by Crippen LogP contribution is 2.49. The quantitative estimate of drug-likeness (QED) is 0.668. The number of benzene rings is 1. The van der Waals surface area contributed by atoms with Crippen molar-refractivity contribution in [3.63, 3.8) is 0 Å². The minimum Gasteiger partial charge on any atom is -0.299 e. The van der Waals surface area contributed by atoms with Crippen molar-refractivity contribution in [2.24, 2.45) is 0 Å². The molecule has 0 N–H and O–H groups in total. The van der Waals surface area contributed by atoms with Crippen molar-refractivity contribution in [1.29, 1.82) is 0 Å². The average molecular weight is 319 g/mol.